The van der Waals surface area contributed by atoms with E-state index >= 15 is 0 Å². The molecule has 28 heavy (non-hydrogen) atoms. The van der Waals surface area contributed by atoms with E-state index in [4.69, 9.17) is 11.6 Å². The van der Waals surface area contributed by atoms with Gasteiger partial charge in [0.05, 0.1) is 28.3 Å². The Labute approximate surface area is 168 Å². The van der Waals surface area contributed by atoms with Gasteiger partial charge in [0.15, 0.2) is 5.78 Å². The Morgan fingerprint density at radius 2 is 2.04 bits per heavy atom. The number of hydrogen-bond donors (Lipinski definition) is 0. The molecule has 0 amide bonds. The number of carbonyl (C=O) groups excluding carboxylic acids is 1. The van der Waals surface area contributed by atoms with Crippen molar-refractivity contribution in [3.8, 4) is 0 Å². The van der Waals surface area contributed by atoms with E-state index in [0.717, 1.165) is 29.6 Å². The summed E-state index contributed by atoms with van der Waals surface area (Å²) in [6, 6.07) is 5.54. The Balaban J connectivity index is 1.71. The zero-order valence-corrected chi connectivity index (χ0v) is 16.8. The highest BCUT2D eigenvalue weighted by atomic mass is 35.5. The first-order valence-electron chi connectivity index (χ1n) is 7.96. The number of fused-ring (bicyclic) bond motifs is 1. The van der Waals surface area contributed by atoms with Crippen LogP contribution in [0, 0.1) is 0 Å². The fourth-order valence-corrected chi connectivity index (χ4v) is 4.84. The van der Waals surface area contributed by atoms with Crippen LogP contribution in [0.2, 0.25) is 5.02 Å². The van der Waals surface area contributed by atoms with Crippen LogP contribution in [0.4, 0.5) is 18.9 Å². The van der Waals surface area contributed by atoms with Gasteiger partial charge in [-0.1, -0.05) is 23.4 Å². The largest absolute Gasteiger partial charge is 0.417 e. The van der Waals surface area contributed by atoms with Gasteiger partial charge >= 0.3 is 6.18 Å². The maximum atomic E-state index is 12.6. The molecule has 0 atom stereocenters. The molecule has 0 unspecified atom stereocenters. The number of sulfonamides is 1. The highest BCUT2D eigenvalue weighted by molar-refractivity contribution is 8.00. The molecule has 150 valence electrons. The lowest BCUT2D eigenvalue weighted by atomic mass is 10.1. The van der Waals surface area contributed by atoms with Gasteiger partial charge in [-0.15, -0.1) is 0 Å². The molecule has 5 nitrogen and oxygen atoms in total. The molecule has 0 radical (unpaired) electrons. The summed E-state index contributed by atoms with van der Waals surface area (Å²) >= 11 is 6.78. The summed E-state index contributed by atoms with van der Waals surface area (Å²) in [6.07, 6.45) is -2.24. The van der Waals surface area contributed by atoms with Gasteiger partial charge in [0, 0.05) is 18.3 Å². The number of aromatic nitrogens is 1. The average molecular weight is 451 g/mol. The summed E-state index contributed by atoms with van der Waals surface area (Å²) in [5.74, 6) is -0.324. The van der Waals surface area contributed by atoms with Crippen molar-refractivity contribution in [1.29, 1.82) is 0 Å². The number of carbonyl (C=O) groups is 1. The maximum Gasteiger partial charge on any atom is 0.417 e. The molecule has 1 aromatic heterocycles. The molecule has 3 rings (SSSR count). The Morgan fingerprint density at radius 1 is 1.32 bits per heavy atom. The minimum Gasteiger partial charge on any atom is -0.293 e. The summed E-state index contributed by atoms with van der Waals surface area (Å²) in [4.78, 5) is 16.1. The second-order valence-corrected chi connectivity index (χ2v) is 9.43. The average Bonchev–Trinajstić information content (AvgIpc) is 3.03. The van der Waals surface area contributed by atoms with E-state index in [9.17, 15) is 26.4 Å². The van der Waals surface area contributed by atoms with Gasteiger partial charge in [-0.05, 0) is 36.2 Å². The van der Waals surface area contributed by atoms with Gasteiger partial charge in [-0.3, -0.25) is 9.10 Å². The molecule has 0 fully saturated rings. The molecule has 1 aromatic carbocycles. The lowest BCUT2D eigenvalue weighted by Gasteiger charge is -2.16. The van der Waals surface area contributed by atoms with Gasteiger partial charge in [-0.2, -0.15) is 13.2 Å². The molecule has 0 N–H and O–H groups in total. The van der Waals surface area contributed by atoms with Crippen LogP contribution in [0.25, 0.3) is 0 Å². The quantitative estimate of drug-likeness (QED) is 0.508. The first-order valence-corrected chi connectivity index (χ1v) is 11.2. The van der Waals surface area contributed by atoms with Crippen molar-refractivity contribution in [3.63, 3.8) is 0 Å². The van der Waals surface area contributed by atoms with Crippen molar-refractivity contribution in [1.82, 2.24) is 4.98 Å². The molecule has 0 saturated carbocycles. The second kappa shape index (κ2) is 7.57. The van der Waals surface area contributed by atoms with E-state index < -0.39 is 21.8 Å². The SMILES string of the molecule is CS(=O)(=O)N1CCc2cc(C(=O)CSc3ncc(C(F)(F)F)cc3Cl)ccc21. The molecule has 0 aliphatic carbocycles. The van der Waals surface area contributed by atoms with E-state index in [2.05, 4.69) is 4.98 Å². The standard InChI is InChI=1S/C17H14ClF3N2O3S2/c1-28(25,26)23-5-4-10-6-11(2-3-14(10)23)15(24)9-27-16-13(18)7-12(8-22-16)17(19,20)21/h2-3,6-8H,4-5,9H2,1H3. The molecular weight excluding hydrogens is 437 g/mol. The van der Waals surface area contributed by atoms with Crippen LogP contribution in [0.1, 0.15) is 21.5 Å². The van der Waals surface area contributed by atoms with Gasteiger partial charge < -0.3 is 0 Å². The van der Waals surface area contributed by atoms with Crippen LogP contribution in [-0.2, 0) is 22.6 Å². The molecule has 2 heterocycles. The van der Waals surface area contributed by atoms with Crippen LogP contribution < -0.4 is 4.31 Å². The lowest BCUT2D eigenvalue weighted by Crippen LogP contribution is -2.27. The maximum absolute atomic E-state index is 12.6. The van der Waals surface area contributed by atoms with Crippen molar-refractivity contribution < 1.29 is 26.4 Å². The van der Waals surface area contributed by atoms with E-state index in [0.29, 0.717) is 30.4 Å². The Bertz CT molecular complexity index is 1040. The summed E-state index contributed by atoms with van der Waals surface area (Å²) in [5, 5.41) is -0.0437. The van der Waals surface area contributed by atoms with Crippen molar-refractivity contribution >= 4 is 44.9 Å². The molecular formula is C17H14ClF3N2O3S2. The number of nitrogens with zero attached hydrogens (tertiary/aromatic N) is 2. The molecule has 1 aliphatic rings. The normalized spacial score (nSPS) is 14.2. The first-order chi connectivity index (χ1) is 13.0. The number of Topliss-reactive ketones (excluding diaryl/α,β-unsaturated/α-hetero) is 1. The fraction of sp³-hybridized carbons (Fsp3) is 0.294. The smallest absolute Gasteiger partial charge is 0.293 e. The predicted molar refractivity (Wildman–Crippen MR) is 102 cm³/mol. The minimum atomic E-state index is -4.54. The topological polar surface area (TPSA) is 67.3 Å². The molecule has 0 spiro atoms. The van der Waals surface area contributed by atoms with E-state index in [1.54, 1.807) is 12.1 Å². The van der Waals surface area contributed by atoms with Crippen LogP contribution in [-0.4, -0.2) is 37.7 Å². The summed E-state index contributed by atoms with van der Waals surface area (Å²) in [5.41, 5.74) is 0.748. The number of pyridine rings is 1. The third-order valence-corrected chi connectivity index (χ3v) is 6.71. The molecule has 2 aromatic rings. The summed E-state index contributed by atoms with van der Waals surface area (Å²) < 4.78 is 62.7. The van der Waals surface area contributed by atoms with E-state index in [-0.39, 0.29) is 21.6 Å². The zero-order chi connectivity index (χ0) is 20.7. The fourth-order valence-electron chi connectivity index (χ4n) is 2.79. The van der Waals surface area contributed by atoms with Crippen LogP contribution >= 0.6 is 23.4 Å². The Morgan fingerprint density at radius 3 is 2.64 bits per heavy atom. The van der Waals surface area contributed by atoms with Crippen molar-refractivity contribution in [2.24, 2.45) is 0 Å². The van der Waals surface area contributed by atoms with Gasteiger partial charge in [0.1, 0.15) is 5.03 Å². The summed E-state index contributed by atoms with van der Waals surface area (Å²) in [6.45, 7) is 0.325. The van der Waals surface area contributed by atoms with Gasteiger partial charge in [0.2, 0.25) is 10.0 Å². The lowest BCUT2D eigenvalue weighted by molar-refractivity contribution is -0.137. The third-order valence-electron chi connectivity index (χ3n) is 4.13. The van der Waals surface area contributed by atoms with Crippen LogP contribution in [0.5, 0.6) is 0 Å². The number of hydrogen-bond acceptors (Lipinski definition) is 5. The number of ketones is 1. The number of anilines is 1. The number of thioether (sulfide) groups is 1. The minimum absolute atomic E-state index is 0.0628. The number of benzene rings is 1. The van der Waals surface area contributed by atoms with Crippen molar-refractivity contribution in [2.75, 3.05) is 22.9 Å². The van der Waals surface area contributed by atoms with Crippen molar-refractivity contribution in [3.05, 3.63) is 52.2 Å². The van der Waals surface area contributed by atoms with E-state index in [1.165, 1.54) is 10.4 Å². The monoisotopic (exact) mass is 450 g/mol. The Kier molecular flexibility index (Phi) is 5.66. The number of rotatable bonds is 5. The predicted octanol–water partition coefficient (Wildman–Crippen LogP) is 4.05. The number of halogens is 4. The van der Waals surface area contributed by atoms with Crippen LogP contribution in [0.3, 0.4) is 0 Å². The molecule has 1 aliphatic heterocycles. The third kappa shape index (κ3) is 4.44. The second-order valence-electron chi connectivity index (χ2n) is 6.15. The summed E-state index contributed by atoms with van der Waals surface area (Å²) in [7, 11) is -3.37. The van der Waals surface area contributed by atoms with Crippen molar-refractivity contribution in [2.45, 2.75) is 17.6 Å². The van der Waals surface area contributed by atoms with Crippen LogP contribution in [0.15, 0.2) is 35.5 Å². The Hall–Kier alpha value is -1.78. The molecule has 0 saturated heterocycles. The molecule has 11 heteroatoms. The highest BCUT2D eigenvalue weighted by Crippen LogP contribution is 2.34. The highest BCUT2D eigenvalue weighted by Gasteiger charge is 2.32. The first kappa shape index (κ1) is 20.9. The van der Waals surface area contributed by atoms with Gasteiger partial charge in [0.25, 0.3) is 0 Å². The van der Waals surface area contributed by atoms with Gasteiger partial charge in [-0.25, -0.2) is 13.4 Å². The number of alkyl halides is 3. The molecule has 0 bridgehead atoms. The zero-order valence-electron chi connectivity index (χ0n) is 14.5. The van der Waals surface area contributed by atoms with E-state index in [1.807, 2.05) is 0 Å².